The first-order valence-electron chi connectivity index (χ1n) is 11.0. The molecule has 184 valence electrons. The van der Waals surface area contributed by atoms with Crippen molar-refractivity contribution in [1.29, 1.82) is 0 Å². The molecular formula is C24H26ClFLiN5O3Si. The topological polar surface area (TPSA) is 102 Å². The molecule has 0 aliphatic heterocycles. The number of halogens is 2. The molecule has 36 heavy (non-hydrogen) atoms. The number of nitrogens with one attached hydrogen (secondary N) is 1. The SMILES string of the molecule is C[Si](C)(C)CCOCn1c(C(=O)O)cc2c(Nc3cnnc(-c4cc(Cl)ccc4F)c3)ccnc21.[LiH]. The van der Waals surface area contributed by atoms with E-state index in [4.69, 9.17) is 16.3 Å². The van der Waals surface area contributed by atoms with E-state index in [0.717, 1.165) is 6.04 Å². The second-order valence-corrected chi connectivity index (χ2v) is 15.3. The van der Waals surface area contributed by atoms with Gasteiger partial charge in [-0.3, -0.25) is 4.57 Å². The van der Waals surface area contributed by atoms with Crippen molar-refractivity contribution >= 4 is 66.9 Å². The van der Waals surface area contributed by atoms with Gasteiger partial charge in [-0.15, -0.1) is 0 Å². The summed E-state index contributed by atoms with van der Waals surface area (Å²) in [5.41, 5.74) is 2.23. The Hall–Kier alpha value is -2.75. The van der Waals surface area contributed by atoms with Crippen molar-refractivity contribution in [3.63, 3.8) is 0 Å². The van der Waals surface area contributed by atoms with E-state index in [0.29, 0.717) is 39.7 Å². The van der Waals surface area contributed by atoms with E-state index in [1.807, 2.05) is 0 Å². The summed E-state index contributed by atoms with van der Waals surface area (Å²) < 4.78 is 21.7. The molecule has 0 aliphatic carbocycles. The van der Waals surface area contributed by atoms with Gasteiger partial charge in [0.25, 0.3) is 0 Å². The Labute approximate surface area is 226 Å². The zero-order chi connectivity index (χ0) is 25.2. The average molecular weight is 522 g/mol. The number of aromatic carboxylic acids is 1. The standard InChI is InChI=1S/C24H25ClFN5O3Si.Li.H/c1-35(2,3)9-8-34-14-31-22(24(32)33)12-18-20(6-7-27-23(18)31)29-16-11-21(30-28-13-16)17-10-15(25)4-5-19(17)26;;/h4-7,10-13H,8-9,14H2,1-3H3,(H,32,33)(H,27,29,30);;. The van der Waals surface area contributed by atoms with Crippen molar-refractivity contribution < 1.29 is 19.0 Å². The third kappa shape index (κ3) is 6.52. The van der Waals surface area contributed by atoms with Gasteiger partial charge in [-0.25, -0.2) is 14.2 Å². The van der Waals surface area contributed by atoms with Crippen LogP contribution < -0.4 is 5.32 Å². The normalized spacial score (nSPS) is 11.4. The molecule has 0 unspecified atom stereocenters. The molecule has 0 amide bonds. The fourth-order valence-corrected chi connectivity index (χ4v) is 4.44. The number of nitrogens with zero attached hydrogens (tertiary/aromatic N) is 4. The number of fused-ring (bicyclic) bond motifs is 1. The Balaban J connectivity index is 0.00000361. The van der Waals surface area contributed by atoms with E-state index in [-0.39, 0.29) is 36.8 Å². The maximum absolute atomic E-state index is 14.3. The van der Waals surface area contributed by atoms with Crippen LogP contribution in [0.3, 0.4) is 0 Å². The number of rotatable bonds is 9. The second kappa shape index (κ2) is 11.5. The number of ether oxygens (including phenoxy) is 1. The van der Waals surface area contributed by atoms with Crippen LogP contribution in [0.5, 0.6) is 0 Å². The second-order valence-electron chi connectivity index (χ2n) is 9.29. The van der Waals surface area contributed by atoms with Gasteiger partial charge in [0, 0.05) is 36.8 Å². The van der Waals surface area contributed by atoms with E-state index in [1.54, 1.807) is 29.0 Å². The summed E-state index contributed by atoms with van der Waals surface area (Å²) in [6.07, 6.45) is 3.08. The molecule has 0 aliphatic rings. The third-order valence-corrected chi connectivity index (χ3v) is 7.31. The van der Waals surface area contributed by atoms with Crippen LogP contribution >= 0.6 is 11.6 Å². The zero-order valence-corrected chi connectivity index (χ0v) is 21.3. The van der Waals surface area contributed by atoms with Gasteiger partial charge in [0.2, 0.25) is 0 Å². The fraction of sp³-hybridized carbons (Fsp3) is 0.250. The Bertz CT molecular complexity index is 1400. The van der Waals surface area contributed by atoms with Gasteiger partial charge in [0.15, 0.2) is 0 Å². The van der Waals surface area contributed by atoms with Crippen LogP contribution in [0.25, 0.3) is 22.3 Å². The number of hydrogen-bond acceptors (Lipinski definition) is 6. The maximum atomic E-state index is 14.3. The van der Waals surface area contributed by atoms with Gasteiger partial charge in [-0.05, 0) is 42.4 Å². The Morgan fingerprint density at radius 2 is 2.00 bits per heavy atom. The first-order chi connectivity index (χ1) is 16.6. The molecule has 3 aromatic heterocycles. The fourth-order valence-electron chi connectivity index (χ4n) is 3.52. The van der Waals surface area contributed by atoms with Crippen LogP contribution in [-0.2, 0) is 11.5 Å². The summed E-state index contributed by atoms with van der Waals surface area (Å²) in [6, 6.07) is 10.1. The van der Waals surface area contributed by atoms with Crippen LogP contribution in [0, 0.1) is 5.82 Å². The monoisotopic (exact) mass is 521 g/mol. The molecule has 0 bridgehead atoms. The van der Waals surface area contributed by atoms with Crippen molar-refractivity contribution in [3.05, 3.63) is 65.3 Å². The molecule has 0 radical (unpaired) electrons. The Morgan fingerprint density at radius 1 is 1.22 bits per heavy atom. The number of pyridine rings is 1. The first-order valence-corrected chi connectivity index (χ1v) is 15.1. The van der Waals surface area contributed by atoms with Crippen LogP contribution in [0.15, 0.2) is 48.8 Å². The molecule has 3 heterocycles. The van der Waals surface area contributed by atoms with Crippen molar-refractivity contribution in [2.24, 2.45) is 0 Å². The number of anilines is 2. The van der Waals surface area contributed by atoms with Gasteiger partial charge in [0.1, 0.15) is 23.9 Å². The van der Waals surface area contributed by atoms with Crippen molar-refractivity contribution in [3.8, 4) is 11.3 Å². The molecule has 0 fully saturated rings. The Morgan fingerprint density at radius 3 is 2.72 bits per heavy atom. The van der Waals surface area contributed by atoms with Crippen LogP contribution in [0.2, 0.25) is 30.7 Å². The Kier molecular flexibility index (Phi) is 8.92. The summed E-state index contributed by atoms with van der Waals surface area (Å²) >= 11 is 6.02. The number of benzene rings is 1. The van der Waals surface area contributed by atoms with E-state index in [2.05, 4.69) is 40.1 Å². The summed E-state index contributed by atoms with van der Waals surface area (Å²) in [5.74, 6) is -1.54. The molecule has 0 saturated heterocycles. The van der Waals surface area contributed by atoms with Gasteiger partial charge < -0.3 is 15.2 Å². The quantitative estimate of drug-likeness (QED) is 0.225. The number of aromatic nitrogens is 4. The first kappa shape index (κ1) is 27.8. The summed E-state index contributed by atoms with van der Waals surface area (Å²) in [5, 5.41) is 22.0. The van der Waals surface area contributed by atoms with Gasteiger partial charge in [-0.1, -0.05) is 31.2 Å². The molecule has 1 aromatic carbocycles. The summed E-state index contributed by atoms with van der Waals surface area (Å²) in [6.45, 7) is 7.40. The minimum absolute atomic E-state index is 0. The van der Waals surface area contributed by atoms with Crippen LogP contribution in [-0.4, -0.2) is 64.4 Å². The van der Waals surface area contributed by atoms with Crippen molar-refractivity contribution in [2.75, 3.05) is 11.9 Å². The molecule has 8 nitrogen and oxygen atoms in total. The van der Waals surface area contributed by atoms with Crippen molar-refractivity contribution in [1.82, 2.24) is 19.7 Å². The minimum atomic E-state index is -1.27. The third-order valence-electron chi connectivity index (χ3n) is 5.37. The number of carboxylic acids is 1. The predicted molar refractivity (Wildman–Crippen MR) is 144 cm³/mol. The van der Waals surface area contributed by atoms with Gasteiger partial charge in [0.05, 0.1) is 23.3 Å². The number of carbonyl (C=O) groups is 1. The van der Waals surface area contributed by atoms with E-state index < -0.39 is 19.9 Å². The van der Waals surface area contributed by atoms with E-state index >= 15 is 0 Å². The molecule has 4 rings (SSSR count). The van der Waals surface area contributed by atoms with Gasteiger partial charge in [-0.2, -0.15) is 10.2 Å². The van der Waals surface area contributed by atoms with E-state index in [1.165, 1.54) is 24.4 Å². The molecule has 12 heteroatoms. The molecule has 0 saturated carbocycles. The average Bonchev–Trinajstić information content (AvgIpc) is 3.18. The molecular weight excluding hydrogens is 496 g/mol. The summed E-state index contributed by atoms with van der Waals surface area (Å²) in [7, 11) is -1.27. The summed E-state index contributed by atoms with van der Waals surface area (Å²) in [4.78, 5) is 16.3. The molecule has 0 atom stereocenters. The molecule has 4 aromatic rings. The molecule has 0 spiro atoms. The van der Waals surface area contributed by atoms with Gasteiger partial charge >= 0.3 is 24.8 Å². The van der Waals surface area contributed by atoms with Crippen molar-refractivity contribution in [2.45, 2.75) is 32.4 Å². The molecule has 2 N–H and O–H groups in total. The number of hydrogen-bond donors (Lipinski definition) is 2. The van der Waals surface area contributed by atoms with Crippen LogP contribution in [0.4, 0.5) is 15.8 Å². The number of carboxylic acid groups (broad SMARTS) is 1. The van der Waals surface area contributed by atoms with Crippen LogP contribution in [0.1, 0.15) is 10.5 Å². The zero-order valence-electron chi connectivity index (χ0n) is 19.5. The predicted octanol–water partition coefficient (Wildman–Crippen LogP) is 5.39. The van der Waals surface area contributed by atoms with E-state index in [9.17, 15) is 14.3 Å².